The minimum Gasteiger partial charge on any atom is -0.504 e. The maximum atomic E-state index is 11.8. The molecule has 0 spiro atoms. The maximum Gasteiger partial charge on any atom is 0.341 e. The summed E-state index contributed by atoms with van der Waals surface area (Å²) in [6.45, 7) is 1.78. The van der Waals surface area contributed by atoms with Crippen molar-refractivity contribution in [2.24, 2.45) is 0 Å². The molecule has 0 unspecified atom stereocenters. The molecular formula is C16H14O4. The van der Waals surface area contributed by atoms with E-state index >= 15 is 0 Å². The van der Waals surface area contributed by atoms with Crippen LogP contribution in [-0.2, 0) is 4.74 Å². The van der Waals surface area contributed by atoms with E-state index < -0.39 is 5.97 Å². The number of benzene rings is 2. The van der Waals surface area contributed by atoms with Gasteiger partial charge in [0.2, 0.25) is 0 Å². The number of hydrogen-bond donors (Lipinski definition) is 1. The van der Waals surface area contributed by atoms with Crippen molar-refractivity contribution in [1.29, 1.82) is 0 Å². The standard InChI is InChI=1S/C16H14O4/c1-3-4-9-20-15-13(16(18)19-2)10-11-7-5-6-8-12(11)14(15)17/h5-8,10,17H,9H2,1-2H3. The van der Waals surface area contributed by atoms with Crippen molar-refractivity contribution in [2.45, 2.75) is 6.92 Å². The first-order valence-electron chi connectivity index (χ1n) is 6.04. The Morgan fingerprint density at radius 1 is 1.35 bits per heavy atom. The molecule has 0 fully saturated rings. The molecule has 0 aromatic heterocycles. The summed E-state index contributed by atoms with van der Waals surface area (Å²) in [7, 11) is 1.28. The zero-order valence-corrected chi connectivity index (χ0v) is 11.3. The number of ether oxygens (including phenoxy) is 2. The van der Waals surface area contributed by atoms with Gasteiger partial charge in [0.15, 0.2) is 11.5 Å². The van der Waals surface area contributed by atoms with Crippen LogP contribution in [0.1, 0.15) is 17.3 Å². The third-order valence-electron chi connectivity index (χ3n) is 2.85. The summed E-state index contributed by atoms with van der Waals surface area (Å²) in [6.07, 6.45) is 0. The Labute approximate surface area is 116 Å². The topological polar surface area (TPSA) is 55.8 Å². The molecule has 0 saturated heterocycles. The summed E-state index contributed by atoms with van der Waals surface area (Å²) >= 11 is 0. The second-order valence-corrected chi connectivity index (χ2v) is 4.03. The van der Waals surface area contributed by atoms with Crippen molar-refractivity contribution in [3.05, 3.63) is 35.9 Å². The van der Waals surface area contributed by atoms with Gasteiger partial charge in [-0.1, -0.05) is 30.2 Å². The highest BCUT2D eigenvalue weighted by Gasteiger charge is 2.19. The van der Waals surface area contributed by atoms with Gasteiger partial charge in [-0.3, -0.25) is 0 Å². The molecule has 0 aliphatic rings. The van der Waals surface area contributed by atoms with Gasteiger partial charge < -0.3 is 14.6 Å². The molecule has 0 heterocycles. The quantitative estimate of drug-likeness (QED) is 0.688. The van der Waals surface area contributed by atoms with Crippen LogP contribution in [0.2, 0.25) is 0 Å². The van der Waals surface area contributed by atoms with E-state index in [9.17, 15) is 9.90 Å². The van der Waals surface area contributed by atoms with E-state index in [0.29, 0.717) is 5.39 Å². The lowest BCUT2D eigenvalue weighted by Crippen LogP contribution is -2.06. The van der Waals surface area contributed by atoms with Crippen molar-refractivity contribution >= 4 is 16.7 Å². The average Bonchev–Trinajstić information content (AvgIpc) is 2.48. The summed E-state index contributed by atoms with van der Waals surface area (Å²) in [5.74, 6) is 4.85. The molecule has 0 aliphatic carbocycles. The molecule has 1 N–H and O–H groups in total. The first kappa shape index (κ1) is 13.8. The number of hydrogen-bond acceptors (Lipinski definition) is 4. The lowest BCUT2D eigenvalue weighted by atomic mass is 10.0. The Hall–Kier alpha value is -2.67. The average molecular weight is 270 g/mol. The SMILES string of the molecule is CC#CCOc1c(C(=O)OC)cc2ccccc2c1O. The largest absolute Gasteiger partial charge is 0.504 e. The van der Waals surface area contributed by atoms with Gasteiger partial charge in [-0.2, -0.15) is 0 Å². The van der Waals surface area contributed by atoms with E-state index in [2.05, 4.69) is 11.8 Å². The molecule has 0 atom stereocenters. The van der Waals surface area contributed by atoms with E-state index in [1.54, 1.807) is 31.2 Å². The third kappa shape index (κ3) is 2.52. The van der Waals surface area contributed by atoms with Crippen LogP contribution >= 0.6 is 0 Å². The maximum absolute atomic E-state index is 11.8. The Balaban J connectivity index is 2.62. The number of phenols is 1. The molecule has 0 bridgehead atoms. The number of fused-ring (bicyclic) bond motifs is 1. The Bertz CT molecular complexity index is 707. The van der Waals surface area contributed by atoms with E-state index in [0.717, 1.165) is 5.39 Å². The van der Waals surface area contributed by atoms with Crippen molar-refractivity contribution in [1.82, 2.24) is 0 Å². The lowest BCUT2D eigenvalue weighted by molar-refractivity contribution is 0.0596. The predicted molar refractivity (Wildman–Crippen MR) is 75.9 cm³/mol. The highest BCUT2D eigenvalue weighted by atomic mass is 16.5. The molecular weight excluding hydrogens is 256 g/mol. The molecule has 0 radical (unpaired) electrons. The van der Waals surface area contributed by atoms with Gasteiger partial charge in [0.25, 0.3) is 0 Å². The molecule has 2 rings (SSSR count). The first-order chi connectivity index (χ1) is 9.69. The molecule has 20 heavy (non-hydrogen) atoms. The lowest BCUT2D eigenvalue weighted by Gasteiger charge is -2.12. The van der Waals surface area contributed by atoms with Crippen molar-refractivity contribution in [2.75, 3.05) is 13.7 Å². The van der Waals surface area contributed by atoms with Crippen molar-refractivity contribution in [3.63, 3.8) is 0 Å². The second-order valence-electron chi connectivity index (χ2n) is 4.03. The third-order valence-corrected chi connectivity index (χ3v) is 2.85. The first-order valence-corrected chi connectivity index (χ1v) is 6.04. The van der Waals surface area contributed by atoms with Crippen LogP contribution in [0.5, 0.6) is 11.5 Å². The van der Waals surface area contributed by atoms with Gasteiger partial charge in [-0.25, -0.2) is 4.79 Å². The van der Waals surface area contributed by atoms with Gasteiger partial charge in [0, 0.05) is 5.39 Å². The molecule has 2 aromatic rings. The van der Waals surface area contributed by atoms with Crippen LogP contribution in [0.4, 0.5) is 0 Å². The van der Waals surface area contributed by atoms with Crippen LogP contribution in [-0.4, -0.2) is 24.8 Å². The highest BCUT2D eigenvalue weighted by molar-refractivity contribution is 6.02. The van der Waals surface area contributed by atoms with E-state index in [4.69, 9.17) is 9.47 Å². The highest BCUT2D eigenvalue weighted by Crippen LogP contribution is 2.38. The smallest absolute Gasteiger partial charge is 0.341 e. The fraction of sp³-hybridized carbons (Fsp3) is 0.188. The summed E-state index contributed by atoms with van der Waals surface area (Å²) in [4.78, 5) is 11.8. The number of methoxy groups -OCH3 is 1. The van der Waals surface area contributed by atoms with Crippen molar-refractivity contribution in [3.8, 4) is 23.3 Å². The number of rotatable bonds is 3. The van der Waals surface area contributed by atoms with E-state index in [-0.39, 0.29) is 23.7 Å². The normalized spacial score (nSPS) is 9.70. The van der Waals surface area contributed by atoms with Gasteiger partial charge >= 0.3 is 5.97 Å². The molecule has 4 nitrogen and oxygen atoms in total. The van der Waals surface area contributed by atoms with Gasteiger partial charge in [0.05, 0.1) is 7.11 Å². The monoisotopic (exact) mass is 270 g/mol. The zero-order chi connectivity index (χ0) is 14.5. The molecule has 0 aliphatic heterocycles. The molecule has 0 saturated carbocycles. The van der Waals surface area contributed by atoms with Crippen LogP contribution in [0.15, 0.2) is 30.3 Å². The Morgan fingerprint density at radius 3 is 2.80 bits per heavy atom. The minimum atomic E-state index is -0.564. The number of carbonyl (C=O) groups is 1. The molecule has 0 amide bonds. The minimum absolute atomic E-state index is 0.0820. The van der Waals surface area contributed by atoms with Crippen LogP contribution < -0.4 is 4.74 Å². The van der Waals surface area contributed by atoms with Crippen molar-refractivity contribution < 1.29 is 19.4 Å². The summed E-state index contributed by atoms with van der Waals surface area (Å²) in [6, 6.07) is 8.82. The molecule has 2 aromatic carbocycles. The van der Waals surface area contributed by atoms with Gasteiger partial charge in [-0.15, -0.1) is 5.92 Å². The van der Waals surface area contributed by atoms with E-state index in [1.807, 2.05) is 6.07 Å². The number of aromatic hydroxyl groups is 1. The van der Waals surface area contributed by atoms with Crippen LogP contribution in [0.25, 0.3) is 10.8 Å². The summed E-state index contributed by atoms with van der Waals surface area (Å²) in [5.41, 5.74) is 0.182. The zero-order valence-electron chi connectivity index (χ0n) is 11.3. The summed E-state index contributed by atoms with van der Waals surface area (Å²) < 4.78 is 10.1. The number of phenolic OH excluding ortho intramolecular Hbond substituents is 1. The summed E-state index contributed by atoms with van der Waals surface area (Å²) in [5, 5.41) is 11.6. The van der Waals surface area contributed by atoms with Crippen LogP contribution in [0, 0.1) is 11.8 Å². The molecule has 102 valence electrons. The van der Waals surface area contributed by atoms with Crippen LogP contribution in [0.3, 0.4) is 0 Å². The Kier molecular flexibility index (Phi) is 4.11. The fourth-order valence-corrected chi connectivity index (χ4v) is 1.90. The van der Waals surface area contributed by atoms with Gasteiger partial charge in [-0.05, 0) is 18.4 Å². The number of esters is 1. The van der Waals surface area contributed by atoms with E-state index in [1.165, 1.54) is 7.11 Å². The predicted octanol–water partition coefficient (Wildman–Crippen LogP) is 2.73. The molecule has 4 heteroatoms. The van der Waals surface area contributed by atoms with Gasteiger partial charge in [0.1, 0.15) is 12.2 Å². The Morgan fingerprint density at radius 2 is 2.10 bits per heavy atom. The fourth-order valence-electron chi connectivity index (χ4n) is 1.90. The number of carbonyl (C=O) groups excluding carboxylic acids is 1. The second kappa shape index (κ2) is 5.98.